The smallest absolute Gasteiger partial charge is 0.246 e. The normalized spacial score (nSPS) is 10.8. The van der Waals surface area contributed by atoms with Gasteiger partial charge in [0.1, 0.15) is 11.4 Å². The number of hydrogen-bond acceptors (Lipinski definition) is 3. The Morgan fingerprint density at radius 1 is 0.720 bits per heavy atom. The van der Waals surface area contributed by atoms with Crippen LogP contribution in [0.1, 0.15) is 12.5 Å². The molecule has 3 aromatic carbocycles. The van der Waals surface area contributed by atoms with Crippen molar-refractivity contribution in [3.8, 4) is 22.9 Å². The summed E-state index contributed by atoms with van der Waals surface area (Å²) < 4.78 is 6.13. The van der Waals surface area contributed by atoms with E-state index >= 15 is 0 Å². The van der Waals surface area contributed by atoms with Gasteiger partial charge in [0.25, 0.3) is 0 Å². The summed E-state index contributed by atoms with van der Waals surface area (Å²) in [5.74, 6) is 1.37. The molecule has 122 valence electrons. The van der Waals surface area contributed by atoms with E-state index in [1.165, 1.54) is 0 Å². The number of para-hydroxylation sites is 1. The average Bonchev–Trinajstić information content (AvgIpc) is 2.69. The van der Waals surface area contributed by atoms with Crippen LogP contribution < -0.4 is 4.74 Å². The maximum absolute atomic E-state index is 6.13. The first-order valence-corrected chi connectivity index (χ1v) is 8.43. The van der Waals surface area contributed by atoms with Crippen LogP contribution in [0.15, 0.2) is 78.9 Å². The number of benzene rings is 3. The number of hydrogen-bond donors (Lipinski definition) is 0. The van der Waals surface area contributed by atoms with Gasteiger partial charge in [-0.05, 0) is 24.1 Å². The van der Waals surface area contributed by atoms with Crippen LogP contribution in [0.25, 0.3) is 22.0 Å². The third-order valence-electron chi connectivity index (χ3n) is 4.26. The molecule has 3 heteroatoms. The number of rotatable bonds is 4. The highest BCUT2D eigenvalue weighted by Gasteiger charge is 2.13. The molecule has 0 saturated carbocycles. The molecular formula is C22H18N2O. The molecule has 4 aromatic rings. The lowest BCUT2D eigenvalue weighted by molar-refractivity contribution is 0.457. The zero-order valence-corrected chi connectivity index (χ0v) is 14.0. The Labute approximate surface area is 146 Å². The summed E-state index contributed by atoms with van der Waals surface area (Å²) >= 11 is 0. The third kappa shape index (κ3) is 2.96. The van der Waals surface area contributed by atoms with Gasteiger partial charge in [0.15, 0.2) is 0 Å². The van der Waals surface area contributed by atoms with Gasteiger partial charge in [-0.2, -0.15) is 0 Å². The maximum Gasteiger partial charge on any atom is 0.246 e. The van der Waals surface area contributed by atoms with Crippen molar-refractivity contribution in [2.24, 2.45) is 0 Å². The molecule has 0 aliphatic carbocycles. The van der Waals surface area contributed by atoms with Crippen molar-refractivity contribution >= 4 is 10.8 Å². The van der Waals surface area contributed by atoms with E-state index in [-0.39, 0.29) is 0 Å². The molecule has 0 N–H and O–H groups in total. The number of aryl methyl sites for hydroxylation is 1. The van der Waals surface area contributed by atoms with E-state index < -0.39 is 0 Å². The number of nitrogens with zero attached hydrogens (tertiary/aromatic N) is 2. The Kier molecular flexibility index (Phi) is 4.13. The van der Waals surface area contributed by atoms with Gasteiger partial charge in [-0.1, -0.05) is 73.7 Å². The van der Waals surface area contributed by atoms with Crippen molar-refractivity contribution in [2.45, 2.75) is 13.3 Å². The summed E-state index contributed by atoms with van der Waals surface area (Å²) in [7, 11) is 0. The van der Waals surface area contributed by atoms with Gasteiger partial charge in [-0.25, -0.2) is 0 Å². The van der Waals surface area contributed by atoms with E-state index in [4.69, 9.17) is 4.74 Å². The molecule has 0 saturated heterocycles. The number of ether oxygens (including phenoxy) is 1. The van der Waals surface area contributed by atoms with Crippen LogP contribution >= 0.6 is 0 Å². The molecular weight excluding hydrogens is 308 g/mol. The van der Waals surface area contributed by atoms with Crippen molar-refractivity contribution in [3.63, 3.8) is 0 Å². The quantitative estimate of drug-likeness (QED) is 0.486. The molecule has 0 spiro atoms. The van der Waals surface area contributed by atoms with Gasteiger partial charge in [-0.3, -0.25) is 0 Å². The molecule has 0 radical (unpaired) electrons. The van der Waals surface area contributed by atoms with E-state index in [0.29, 0.717) is 5.88 Å². The average molecular weight is 326 g/mol. The first-order chi connectivity index (χ1) is 12.4. The summed E-state index contributed by atoms with van der Waals surface area (Å²) in [5.41, 5.74) is 3.07. The molecule has 1 aromatic heterocycles. The second-order valence-corrected chi connectivity index (χ2v) is 5.83. The summed E-state index contributed by atoms with van der Waals surface area (Å²) in [6.07, 6.45) is 0.906. The minimum Gasteiger partial charge on any atom is -0.437 e. The molecule has 4 rings (SSSR count). The molecule has 0 bridgehead atoms. The van der Waals surface area contributed by atoms with Crippen LogP contribution in [0.2, 0.25) is 0 Å². The fraction of sp³-hybridized carbons (Fsp3) is 0.0909. The van der Waals surface area contributed by atoms with Gasteiger partial charge in [0.2, 0.25) is 5.88 Å². The Morgan fingerprint density at radius 2 is 1.40 bits per heavy atom. The van der Waals surface area contributed by atoms with Crippen LogP contribution in [-0.2, 0) is 6.42 Å². The topological polar surface area (TPSA) is 35.0 Å². The lowest BCUT2D eigenvalue weighted by Crippen LogP contribution is -1.97. The molecule has 0 atom stereocenters. The first-order valence-electron chi connectivity index (χ1n) is 8.43. The molecule has 25 heavy (non-hydrogen) atoms. The summed E-state index contributed by atoms with van der Waals surface area (Å²) in [6.45, 7) is 2.12. The predicted octanol–water partition coefficient (Wildman–Crippen LogP) is 5.65. The largest absolute Gasteiger partial charge is 0.437 e. The molecule has 0 aliphatic rings. The second-order valence-electron chi connectivity index (χ2n) is 5.83. The first kappa shape index (κ1) is 15.3. The second kappa shape index (κ2) is 6.73. The Morgan fingerprint density at radius 3 is 2.20 bits per heavy atom. The molecule has 0 amide bonds. The lowest BCUT2D eigenvalue weighted by Gasteiger charge is -2.12. The highest BCUT2D eigenvalue weighted by atomic mass is 16.5. The highest BCUT2D eigenvalue weighted by Crippen LogP contribution is 2.33. The van der Waals surface area contributed by atoms with Crippen LogP contribution in [0.4, 0.5) is 0 Å². The van der Waals surface area contributed by atoms with Crippen molar-refractivity contribution < 1.29 is 4.74 Å². The monoisotopic (exact) mass is 326 g/mol. The number of fused-ring (bicyclic) bond motifs is 1. The maximum atomic E-state index is 6.13. The lowest BCUT2D eigenvalue weighted by atomic mass is 10.1. The zero-order valence-electron chi connectivity index (χ0n) is 14.0. The Hall–Kier alpha value is -3.20. The molecule has 0 unspecified atom stereocenters. The Balaban J connectivity index is 1.84. The molecule has 1 heterocycles. The minimum absolute atomic E-state index is 0.538. The fourth-order valence-electron chi connectivity index (χ4n) is 2.96. The van der Waals surface area contributed by atoms with Crippen LogP contribution in [0.5, 0.6) is 11.6 Å². The molecule has 0 aliphatic heterocycles. The summed E-state index contributed by atoms with van der Waals surface area (Å²) in [5, 5.41) is 10.8. The van der Waals surface area contributed by atoms with Crippen LogP contribution in [-0.4, -0.2) is 10.2 Å². The van der Waals surface area contributed by atoms with E-state index in [1.807, 2.05) is 66.7 Å². The fourth-order valence-corrected chi connectivity index (χ4v) is 2.96. The van der Waals surface area contributed by atoms with E-state index in [1.54, 1.807) is 0 Å². The van der Waals surface area contributed by atoms with Crippen molar-refractivity contribution in [1.82, 2.24) is 10.2 Å². The third-order valence-corrected chi connectivity index (χ3v) is 4.26. The minimum atomic E-state index is 0.538. The van der Waals surface area contributed by atoms with E-state index in [9.17, 15) is 0 Å². The van der Waals surface area contributed by atoms with E-state index in [0.717, 1.165) is 39.8 Å². The van der Waals surface area contributed by atoms with Gasteiger partial charge in [0, 0.05) is 16.3 Å². The van der Waals surface area contributed by atoms with Gasteiger partial charge < -0.3 is 4.74 Å². The summed E-state index contributed by atoms with van der Waals surface area (Å²) in [4.78, 5) is 0. The van der Waals surface area contributed by atoms with E-state index in [2.05, 4.69) is 29.3 Å². The SMILES string of the molecule is CCc1ccccc1Oc1nnc(-c2ccccc2)c2ccccc12. The van der Waals surface area contributed by atoms with Crippen LogP contribution in [0, 0.1) is 0 Å². The molecule has 3 nitrogen and oxygen atoms in total. The van der Waals surface area contributed by atoms with Crippen LogP contribution in [0.3, 0.4) is 0 Å². The zero-order chi connectivity index (χ0) is 17.1. The Bertz CT molecular complexity index is 1010. The van der Waals surface area contributed by atoms with Gasteiger partial charge >= 0.3 is 0 Å². The van der Waals surface area contributed by atoms with Crippen molar-refractivity contribution in [3.05, 3.63) is 84.4 Å². The number of aromatic nitrogens is 2. The van der Waals surface area contributed by atoms with Gasteiger partial charge in [0.05, 0.1) is 0 Å². The molecule has 0 fully saturated rings. The van der Waals surface area contributed by atoms with Gasteiger partial charge in [-0.15, -0.1) is 10.2 Å². The highest BCUT2D eigenvalue weighted by molar-refractivity contribution is 5.97. The predicted molar refractivity (Wildman–Crippen MR) is 101 cm³/mol. The van der Waals surface area contributed by atoms with Crippen molar-refractivity contribution in [1.29, 1.82) is 0 Å². The standard InChI is InChI=1S/C22H18N2O/c1-2-16-10-6-9-15-20(16)25-22-19-14-8-7-13-18(19)21(23-24-22)17-11-4-3-5-12-17/h3-15H,2H2,1H3. The van der Waals surface area contributed by atoms with Crippen molar-refractivity contribution in [2.75, 3.05) is 0 Å². The summed E-state index contributed by atoms with van der Waals surface area (Å²) in [6, 6.07) is 26.2.